The minimum Gasteiger partial charge on any atom is -0.299 e. The molecule has 1 nitrogen and oxygen atoms in total. The van der Waals surface area contributed by atoms with Gasteiger partial charge in [-0.1, -0.05) is 36.8 Å². The molecule has 17 heavy (non-hydrogen) atoms. The van der Waals surface area contributed by atoms with E-state index in [2.05, 4.69) is 6.92 Å². The minimum absolute atomic E-state index is 0.392. The van der Waals surface area contributed by atoms with Crippen LogP contribution in [-0.2, 0) is 4.79 Å². The van der Waals surface area contributed by atoms with Crippen molar-refractivity contribution in [2.75, 3.05) is 0 Å². The topological polar surface area (TPSA) is 17.1 Å². The summed E-state index contributed by atoms with van der Waals surface area (Å²) in [4.78, 5) is 12.2. The van der Waals surface area contributed by atoms with Gasteiger partial charge in [0.15, 0.2) is 0 Å². The molecule has 0 unspecified atom stereocenters. The molecule has 1 heteroatoms. The van der Waals surface area contributed by atoms with E-state index in [4.69, 9.17) is 0 Å². The molecule has 2 saturated carbocycles. The summed E-state index contributed by atoms with van der Waals surface area (Å²) in [7, 11) is 0. The molecular weight excluding hydrogens is 208 g/mol. The zero-order chi connectivity index (χ0) is 12.1. The van der Waals surface area contributed by atoms with Gasteiger partial charge in [-0.3, -0.25) is 4.79 Å². The normalized spacial score (nSPS) is 22.5. The van der Waals surface area contributed by atoms with Crippen molar-refractivity contribution in [3.05, 3.63) is 11.1 Å². The van der Waals surface area contributed by atoms with E-state index in [-0.39, 0.29) is 0 Å². The van der Waals surface area contributed by atoms with Gasteiger partial charge >= 0.3 is 0 Å². The molecule has 0 aromatic heterocycles. The van der Waals surface area contributed by atoms with Crippen LogP contribution in [0.15, 0.2) is 11.1 Å². The first kappa shape index (κ1) is 12.9. The van der Waals surface area contributed by atoms with Crippen LogP contribution in [0.2, 0.25) is 0 Å². The van der Waals surface area contributed by atoms with Gasteiger partial charge < -0.3 is 0 Å². The van der Waals surface area contributed by atoms with Crippen molar-refractivity contribution in [3.63, 3.8) is 0 Å². The molecule has 0 aromatic rings. The Morgan fingerprint density at radius 1 is 1.00 bits per heavy atom. The number of ketones is 1. The molecule has 0 spiro atoms. The molecule has 2 aliphatic carbocycles. The Balaban J connectivity index is 1.88. The first-order valence-electron chi connectivity index (χ1n) is 7.47. The van der Waals surface area contributed by atoms with Crippen molar-refractivity contribution in [1.29, 1.82) is 0 Å². The lowest BCUT2D eigenvalue weighted by molar-refractivity contribution is -0.123. The largest absolute Gasteiger partial charge is 0.299 e. The molecule has 0 saturated heterocycles. The highest BCUT2D eigenvalue weighted by Crippen LogP contribution is 2.30. The highest BCUT2D eigenvalue weighted by molar-refractivity contribution is 5.83. The maximum Gasteiger partial charge on any atom is 0.139 e. The van der Waals surface area contributed by atoms with Crippen molar-refractivity contribution in [1.82, 2.24) is 0 Å². The second kappa shape index (κ2) is 6.37. The second-order valence-corrected chi connectivity index (χ2v) is 5.92. The molecule has 0 aromatic carbocycles. The molecule has 0 N–H and O–H groups in total. The Kier molecular flexibility index (Phi) is 4.82. The minimum atomic E-state index is 0.392. The van der Waals surface area contributed by atoms with Crippen LogP contribution in [0.25, 0.3) is 0 Å². The Morgan fingerprint density at radius 2 is 1.59 bits per heavy atom. The lowest BCUT2D eigenvalue weighted by Gasteiger charge is -2.22. The highest BCUT2D eigenvalue weighted by atomic mass is 16.1. The van der Waals surface area contributed by atoms with Crippen LogP contribution in [0.4, 0.5) is 0 Å². The zero-order valence-electron chi connectivity index (χ0n) is 11.3. The first-order chi connectivity index (χ1) is 8.27. The Labute approximate surface area is 106 Å². The Morgan fingerprint density at radius 3 is 2.24 bits per heavy atom. The van der Waals surface area contributed by atoms with Gasteiger partial charge in [-0.05, 0) is 45.4 Å². The molecule has 0 bridgehead atoms. The van der Waals surface area contributed by atoms with E-state index >= 15 is 0 Å². The summed E-state index contributed by atoms with van der Waals surface area (Å²) < 4.78 is 0. The van der Waals surface area contributed by atoms with Crippen molar-refractivity contribution in [3.8, 4) is 0 Å². The lowest BCUT2D eigenvalue weighted by atomic mass is 9.82. The molecule has 0 radical (unpaired) electrons. The van der Waals surface area contributed by atoms with Crippen LogP contribution in [-0.4, -0.2) is 5.78 Å². The van der Waals surface area contributed by atoms with Gasteiger partial charge in [-0.2, -0.15) is 0 Å². The van der Waals surface area contributed by atoms with Gasteiger partial charge in [-0.15, -0.1) is 0 Å². The molecule has 0 heterocycles. The first-order valence-corrected chi connectivity index (χ1v) is 7.47. The van der Waals surface area contributed by atoms with Crippen molar-refractivity contribution in [2.24, 2.45) is 5.92 Å². The van der Waals surface area contributed by atoms with Crippen molar-refractivity contribution < 1.29 is 4.79 Å². The van der Waals surface area contributed by atoms with E-state index in [1.807, 2.05) is 0 Å². The van der Waals surface area contributed by atoms with Gasteiger partial charge in [-0.25, -0.2) is 0 Å². The number of hydrogen-bond donors (Lipinski definition) is 0. The van der Waals surface area contributed by atoms with Crippen LogP contribution in [0, 0.1) is 5.92 Å². The Hall–Kier alpha value is -0.590. The van der Waals surface area contributed by atoms with Gasteiger partial charge in [0.1, 0.15) is 5.78 Å². The van der Waals surface area contributed by atoms with Gasteiger partial charge in [0, 0.05) is 12.3 Å². The van der Waals surface area contributed by atoms with Crippen LogP contribution in [0.1, 0.15) is 77.6 Å². The van der Waals surface area contributed by atoms with Crippen LogP contribution in [0.3, 0.4) is 0 Å². The molecule has 2 rings (SSSR count). The number of hydrogen-bond acceptors (Lipinski definition) is 1. The molecule has 96 valence electrons. The van der Waals surface area contributed by atoms with E-state index in [9.17, 15) is 4.79 Å². The van der Waals surface area contributed by atoms with Gasteiger partial charge in [0.25, 0.3) is 0 Å². The summed E-state index contributed by atoms with van der Waals surface area (Å²) in [6, 6.07) is 0. The van der Waals surface area contributed by atoms with E-state index in [1.165, 1.54) is 56.9 Å². The monoisotopic (exact) mass is 234 g/mol. The average Bonchev–Trinajstić information content (AvgIpc) is 2.40. The van der Waals surface area contributed by atoms with E-state index in [1.54, 1.807) is 5.57 Å². The third-order valence-corrected chi connectivity index (χ3v) is 4.56. The van der Waals surface area contributed by atoms with Gasteiger partial charge in [0.2, 0.25) is 0 Å². The zero-order valence-corrected chi connectivity index (χ0v) is 11.3. The molecule has 0 atom stereocenters. The maximum atomic E-state index is 12.2. The quantitative estimate of drug-likeness (QED) is 0.641. The number of carbonyl (C=O) groups excluding carboxylic acids is 1. The summed E-state index contributed by atoms with van der Waals surface area (Å²) in [5.74, 6) is 0.920. The van der Waals surface area contributed by atoms with Gasteiger partial charge in [0.05, 0.1) is 0 Å². The fourth-order valence-electron chi connectivity index (χ4n) is 3.36. The standard InChI is InChI=1S/C16H26O/c1-13(14-8-4-2-5-9-14)12-16(17)15-10-6-3-7-11-15/h15H,2-12H2,1H3. The summed E-state index contributed by atoms with van der Waals surface area (Å²) in [5.41, 5.74) is 3.00. The SMILES string of the molecule is CC(CC(=O)C1CCCCC1)=C1CCCCC1. The summed E-state index contributed by atoms with van der Waals surface area (Å²) in [6.45, 7) is 2.20. The molecule has 0 aliphatic heterocycles. The summed E-state index contributed by atoms with van der Waals surface area (Å²) in [5, 5.41) is 0. The van der Waals surface area contributed by atoms with Crippen molar-refractivity contribution in [2.45, 2.75) is 77.6 Å². The van der Waals surface area contributed by atoms with E-state index in [0.29, 0.717) is 11.7 Å². The van der Waals surface area contributed by atoms with Crippen molar-refractivity contribution >= 4 is 5.78 Å². The summed E-state index contributed by atoms with van der Waals surface area (Å²) >= 11 is 0. The lowest BCUT2D eigenvalue weighted by Crippen LogP contribution is -2.18. The number of allylic oxidation sites excluding steroid dienone is 2. The van der Waals surface area contributed by atoms with Crippen LogP contribution in [0.5, 0.6) is 0 Å². The maximum absolute atomic E-state index is 12.2. The van der Waals surface area contributed by atoms with E-state index < -0.39 is 0 Å². The predicted molar refractivity (Wildman–Crippen MR) is 72.0 cm³/mol. The third kappa shape index (κ3) is 3.69. The smallest absolute Gasteiger partial charge is 0.139 e. The Bertz CT molecular complexity index is 287. The fraction of sp³-hybridized carbons (Fsp3) is 0.812. The fourth-order valence-corrected chi connectivity index (χ4v) is 3.36. The van der Waals surface area contributed by atoms with Crippen LogP contribution >= 0.6 is 0 Å². The molecule has 2 fully saturated rings. The second-order valence-electron chi connectivity index (χ2n) is 5.92. The average molecular weight is 234 g/mol. The van der Waals surface area contributed by atoms with Crippen LogP contribution < -0.4 is 0 Å². The number of carbonyl (C=O) groups is 1. The number of rotatable bonds is 3. The molecule has 0 amide bonds. The molecular formula is C16H26O. The number of Topliss-reactive ketones (excluding diaryl/α,β-unsaturated/α-hetero) is 1. The third-order valence-electron chi connectivity index (χ3n) is 4.56. The van der Waals surface area contributed by atoms with E-state index in [0.717, 1.165) is 19.3 Å². The molecule has 2 aliphatic rings. The predicted octanol–water partition coefficient (Wildman–Crippen LogP) is 4.81. The summed E-state index contributed by atoms with van der Waals surface area (Å²) in [6.07, 6.45) is 13.5. The highest BCUT2D eigenvalue weighted by Gasteiger charge is 2.21.